The Kier molecular flexibility index (Phi) is 6.65. The molecular weight excluding hydrogens is 408 g/mol. The van der Waals surface area contributed by atoms with E-state index in [0.717, 1.165) is 5.56 Å². The van der Waals surface area contributed by atoms with E-state index < -0.39 is 0 Å². The summed E-state index contributed by atoms with van der Waals surface area (Å²) in [6.07, 6.45) is 1.68. The van der Waals surface area contributed by atoms with Crippen molar-refractivity contribution in [3.63, 3.8) is 0 Å². The minimum atomic E-state index is -0.172. The summed E-state index contributed by atoms with van der Waals surface area (Å²) in [5, 5.41) is 2.84. The number of pyridine rings is 1. The van der Waals surface area contributed by atoms with Crippen LogP contribution in [0, 0.1) is 6.92 Å². The first-order valence-electron chi connectivity index (χ1n) is 10.7. The number of ether oxygens (including phenoxy) is 1. The maximum absolute atomic E-state index is 13.5. The predicted molar refractivity (Wildman–Crippen MR) is 123 cm³/mol. The summed E-state index contributed by atoms with van der Waals surface area (Å²) in [6.45, 7) is 5.51. The highest BCUT2D eigenvalue weighted by Gasteiger charge is 2.25. The van der Waals surface area contributed by atoms with Crippen LogP contribution >= 0.6 is 0 Å². The fourth-order valence-corrected chi connectivity index (χ4v) is 3.78. The molecule has 1 aromatic carbocycles. The van der Waals surface area contributed by atoms with E-state index in [4.69, 9.17) is 4.74 Å². The Bertz CT molecular complexity index is 1140. The second-order valence-electron chi connectivity index (χ2n) is 7.86. The van der Waals surface area contributed by atoms with Gasteiger partial charge in [-0.05, 0) is 24.6 Å². The van der Waals surface area contributed by atoms with Crippen molar-refractivity contribution in [3.05, 3.63) is 64.1 Å². The Labute approximate surface area is 186 Å². The van der Waals surface area contributed by atoms with Gasteiger partial charge in [-0.1, -0.05) is 29.8 Å². The number of anilines is 1. The van der Waals surface area contributed by atoms with E-state index in [9.17, 15) is 9.59 Å². The van der Waals surface area contributed by atoms with Crippen molar-refractivity contribution in [3.8, 4) is 0 Å². The van der Waals surface area contributed by atoms with Crippen LogP contribution in [-0.2, 0) is 11.3 Å². The lowest BCUT2D eigenvalue weighted by Gasteiger charge is -2.35. The van der Waals surface area contributed by atoms with Crippen LogP contribution in [0.4, 0.5) is 10.6 Å². The van der Waals surface area contributed by atoms with Gasteiger partial charge in [-0.25, -0.2) is 14.8 Å². The van der Waals surface area contributed by atoms with Crippen LogP contribution in [0.2, 0.25) is 0 Å². The number of carbonyl (C=O) groups is 1. The van der Waals surface area contributed by atoms with E-state index in [1.54, 1.807) is 22.8 Å². The molecule has 1 aliphatic rings. The molecule has 1 N–H and O–H groups in total. The molecule has 0 radical (unpaired) electrons. The van der Waals surface area contributed by atoms with Gasteiger partial charge >= 0.3 is 6.03 Å². The van der Waals surface area contributed by atoms with Crippen LogP contribution in [0.15, 0.2) is 47.4 Å². The molecule has 0 unspecified atom stereocenters. The Morgan fingerprint density at radius 2 is 1.88 bits per heavy atom. The van der Waals surface area contributed by atoms with Crippen LogP contribution < -0.4 is 15.8 Å². The molecule has 0 saturated carbocycles. The largest absolute Gasteiger partial charge is 0.383 e. The quantitative estimate of drug-likeness (QED) is 0.591. The molecule has 2 amide bonds. The highest BCUT2D eigenvalue weighted by Crippen LogP contribution is 2.16. The number of hydrogen-bond donors (Lipinski definition) is 1. The second-order valence-corrected chi connectivity index (χ2v) is 7.86. The van der Waals surface area contributed by atoms with Crippen molar-refractivity contribution < 1.29 is 9.53 Å². The van der Waals surface area contributed by atoms with Crippen LogP contribution in [0.5, 0.6) is 0 Å². The minimum Gasteiger partial charge on any atom is -0.383 e. The minimum absolute atomic E-state index is 0.117. The first kappa shape index (κ1) is 21.8. The number of nitrogens with zero attached hydrogens (tertiary/aromatic N) is 5. The summed E-state index contributed by atoms with van der Waals surface area (Å²) in [4.78, 5) is 38.5. The zero-order valence-electron chi connectivity index (χ0n) is 18.5. The molecule has 1 fully saturated rings. The van der Waals surface area contributed by atoms with Crippen LogP contribution in [0.3, 0.4) is 0 Å². The zero-order chi connectivity index (χ0) is 22.5. The fraction of sp³-hybridized carbons (Fsp3) is 0.391. The molecule has 0 spiro atoms. The third kappa shape index (κ3) is 4.72. The van der Waals surface area contributed by atoms with Gasteiger partial charge in [0.1, 0.15) is 5.52 Å². The standard InChI is InChI=1S/C23H28N6O3/c1-17-5-7-18(8-6-17)16-29-20-19(4-3-9-24-20)26-21(22(29)30)27-11-13-28(14-12-27)23(31)25-10-15-32-2/h3-9H,10-16H2,1-2H3,(H,25,31). The first-order valence-corrected chi connectivity index (χ1v) is 10.7. The smallest absolute Gasteiger partial charge is 0.317 e. The predicted octanol–water partition coefficient (Wildman–Crippen LogP) is 1.63. The lowest BCUT2D eigenvalue weighted by atomic mass is 10.1. The zero-order valence-corrected chi connectivity index (χ0v) is 18.5. The van der Waals surface area contributed by atoms with Gasteiger partial charge in [-0.15, -0.1) is 0 Å². The molecule has 32 heavy (non-hydrogen) atoms. The Morgan fingerprint density at radius 1 is 1.12 bits per heavy atom. The molecule has 3 aromatic rings. The van der Waals surface area contributed by atoms with Crippen molar-refractivity contribution in [1.29, 1.82) is 0 Å². The number of aromatic nitrogens is 3. The van der Waals surface area contributed by atoms with Gasteiger partial charge in [0, 0.05) is 46.0 Å². The molecule has 0 aliphatic carbocycles. The third-order valence-corrected chi connectivity index (χ3v) is 5.59. The molecule has 1 saturated heterocycles. The number of fused-ring (bicyclic) bond motifs is 1. The average Bonchev–Trinajstić information content (AvgIpc) is 2.82. The normalized spacial score (nSPS) is 14.1. The highest BCUT2D eigenvalue weighted by molar-refractivity contribution is 5.75. The number of amides is 2. The highest BCUT2D eigenvalue weighted by atomic mass is 16.5. The SMILES string of the molecule is COCCNC(=O)N1CCN(c2nc3cccnc3n(Cc3ccc(C)cc3)c2=O)CC1. The van der Waals surface area contributed by atoms with E-state index in [2.05, 4.69) is 15.3 Å². The van der Waals surface area contributed by atoms with Gasteiger partial charge in [-0.3, -0.25) is 9.36 Å². The number of benzene rings is 1. The number of hydrogen-bond acceptors (Lipinski definition) is 6. The maximum atomic E-state index is 13.5. The summed E-state index contributed by atoms with van der Waals surface area (Å²) in [6, 6.07) is 11.7. The van der Waals surface area contributed by atoms with Gasteiger partial charge in [0.2, 0.25) is 0 Å². The lowest BCUT2D eigenvalue weighted by molar-refractivity contribution is 0.177. The molecule has 3 heterocycles. The summed E-state index contributed by atoms with van der Waals surface area (Å²) in [5.74, 6) is 0.400. The fourth-order valence-electron chi connectivity index (χ4n) is 3.78. The summed E-state index contributed by atoms with van der Waals surface area (Å²) >= 11 is 0. The van der Waals surface area contributed by atoms with E-state index in [-0.39, 0.29) is 11.6 Å². The monoisotopic (exact) mass is 436 g/mol. The summed E-state index contributed by atoms with van der Waals surface area (Å²) in [7, 11) is 1.60. The molecule has 0 atom stereocenters. The topological polar surface area (TPSA) is 92.6 Å². The molecular formula is C23H28N6O3. The summed E-state index contributed by atoms with van der Waals surface area (Å²) in [5.41, 5.74) is 3.27. The average molecular weight is 437 g/mol. The number of carbonyl (C=O) groups excluding carboxylic acids is 1. The molecule has 1 aliphatic heterocycles. The molecule has 2 aromatic heterocycles. The van der Waals surface area contributed by atoms with Crippen molar-refractivity contribution >= 4 is 23.0 Å². The van der Waals surface area contributed by atoms with E-state index in [1.165, 1.54) is 5.56 Å². The lowest BCUT2D eigenvalue weighted by Crippen LogP contribution is -2.53. The Balaban J connectivity index is 1.57. The van der Waals surface area contributed by atoms with Crippen LogP contribution in [0.1, 0.15) is 11.1 Å². The van der Waals surface area contributed by atoms with Gasteiger partial charge in [0.25, 0.3) is 5.56 Å². The van der Waals surface area contributed by atoms with E-state index >= 15 is 0 Å². The molecule has 0 bridgehead atoms. The van der Waals surface area contributed by atoms with Crippen molar-refractivity contribution in [2.45, 2.75) is 13.5 Å². The molecule has 9 nitrogen and oxygen atoms in total. The van der Waals surface area contributed by atoms with Gasteiger partial charge < -0.3 is 19.9 Å². The van der Waals surface area contributed by atoms with Gasteiger partial charge in [-0.2, -0.15) is 0 Å². The second kappa shape index (κ2) is 9.78. The van der Waals surface area contributed by atoms with Gasteiger partial charge in [0.05, 0.1) is 13.2 Å². The number of nitrogens with one attached hydrogen (secondary N) is 1. The third-order valence-electron chi connectivity index (χ3n) is 5.59. The number of piperazine rings is 1. The molecule has 168 valence electrons. The van der Waals surface area contributed by atoms with Crippen molar-refractivity contribution in [1.82, 2.24) is 24.8 Å². The first-order chi connectivity index (χ1) is 15.6. The van der Waals surface area contributed by atoms with Gasteiger partial charge in [0.15, 0.2) is 11.5 Å². The molecule has 9 heteroatoms. The Morgan fingerprint density at radius 3 is 2.59 bits per heavy atom. The van der Waals surface area contributed by atoms with Crippen molar-refractivity contribution in [2.24, 2.45) is 0 Å². The number of urea groups is 1. The van der Waals surface area contributed by atoms with Crippen LogP contribution in [0.25, 0.3) is 11.2 Å². The van der Waals surface area contributed by atoms with Crippen molar-refractivity contribution in [2.75, 3.05) is 51.3 Å². The molecule has 4 rings (SSSR count). The van der Waals surface area contributed by atoms with E-state index in [1.807, 2.05) is 48.2 Å². The maximum Gasteiger partial charge on any atom is 0.317 e. The Hall–Kier alpha value is -3.46. The number of methoxy groups -OCH3 is 1. The van der Waals surface area contributed by atoms with Crippen LogP contribution in [-0.4, -0.2) is 71.9 Å². The summed E-state index contributed by atoms with van der Waals surface area (Å²) < 4.78 is 6.66. The number of rotatable bonds is 6. The number of aryl methyl sites for hydroxylation is 1. The van der Waals surface area contributed by atoms with E-state index in [0.29, 0.717) is 62.9 Å².